The lowest BCUT2D eigenvalue weighted by atomic mass is 9.99. The van der Waals surface area contributed by atoms with Crippen molar-refractivity contribution in [3.05, 3.63) is 83.4 Å². The first-order valence-corrected chi connectivity index (χ1v) is 19.4. The molecule has 0 aliphatic carbocycles. The van der Waals surface area contributed by atoms with Gasteiger partial charge in [0.2, 0.25) is 5.91 Å². The zero-order valence-electron chi connectivity index (χ0n) is 28.8. The second kappa shape index (κ2) is 15.7. The van der Waals surface area contributed by atoms with Crippen molar-refractivity contribution in [2.45, 2.75) is 89.9 Å². The number of ether oxygens (including phenoxy) is 1. The highest BCUT2D eigenvalue weighted by atomic mass is 28.4. The predicted molar refractivity (Wildman–Crippen MR) is 187 cm³/mol. The van der Waals surface area contributed by atoms with Gasteiger partial charge in [-0.15, -0.1) is 0 Å². The molecule has 2 N–H and O–H groups in total. The molecule has 2 amide bonds. The number of hydrogen-bond acceptors (Lipinski definition) is 5. The number of amides is 2. The Bertz CT molecular complexity index is 1550. The minimum Gasteiger partial charge on any atom is -0.446 e. The van der Waals surface area contributed by atoms with E-state index in [0.717, 1.165) is 48.7 Å². The van der Waals surface area contributed by atoms with E-state index in [9.17, 15) is 22.8 Å². The third-order valence-corrected chi connectivity index (χ3v) is 13.8. The number of alkyl halides is 3. The SMILES string of the molecule is CN1CCC(OC(=O)Nc2cc(CCCC(=O)Nc3ccc(CO[Si](C)(C)C(C)(C)C)c(C(F)(F)F)c3)ccc2-c2ccccc2)CC1. The van der Waals surface area contributed by atoms with E-state index in [1.165, 1.54) is 12.1 Å². The van der Waals surface area contributed by atoms with Crippen LogP contribution < -0.4 is 10.6 Å². The van der Waals surface area contributed by atoms with Crippen LogP contribution in [0.2, 0.25) is 18.1 Å². The first-order chi connectivity index (χ1) is 22.5. The first kappa shape index (κ1) is 37.2. The van der Waals surface area contributed by atoms with Crippen molar-refractivity contribution in [1.29, 1.82) is 0 Å². The van der Waals surface area contributed by atoms with Crippen LogP contribution in [0, 0.1) is 0 Å². The van der Waals surface area contributed by atoms with Crippen LogP contribution in [0.5, 0.6) is 0 Å². The summed E-state index contributed by atoms with van der Waals surface area (Å²) in [6.07, 6.45) is -2.58. The van der Waals surface area contributed by atoms with Gasteiger partial charge in [0.15, 0.2) is 8.32 Å². The van der Waals surface area contributed by atoms with Gasteiger partial charge in [-0.25, -0.2) is 4.79 Å². The Morgan fingerprint density at radius 3 is 2.27 bits per heavy atom. The lowest BCUT2D eigenvalue weighted by molar-refractivity contribution is -0.138. The zero-order chi connectivity index (χ0) is 35.1. The second-order valence-electron chi connectivity index (χ2n) is 14.1. The molecule has 1 aliphatic rings. The van der Waals surface area contributed by atoms with E-state index in [2.05, 4.69) is 15.5 Å². The second-order valence-corrected chi connectivity index (χ2v) is 18.9. The number of nitrogens with zero attached hydrogens (tertiary/aromatic N) is 1. The highest BCUT2D eigenvalue weighted by Gasteiger charge is 2.39. The Hall–Kier alpha value is -3.67. The fraction of sp³-hybridized carbons (Fsp3) is 0.459. The number of hydrogen-bond donors (Lipinski definition) is 2. The molecule has 3 aromatic carbocycles. The average Bonchev–Trinajstić information content (AvgIpc) is 3.01. The molecule has 0 aromatic heterocycles. The summed E-state index contributed by atoms with van der Waals surface area (Å²) in [5.74, 6) is -0.380. The topological polar surface area (TPSA) is 79.9 Å². The molecule has 0 saturated carbocycles. The Kier molecular flexibility index (Phi) is 12.1. The van der Waals surface area contributed by atoms with Crippen LogP contribution in [-0.2, 0) is 33.2 Å². The molecule has 48 heavy (non-hydrogen) atoms. The molecular formula is C37H48F3N3O4Si. The molecule has 0 spiro atoms. The molecular weight excluding hydrogens is 636 g/mol. The molecule has 260 valence electrons. The van der Waals surface area contributed by atoms with Crippen LogP contribution in [0.4, 0.5) is 29.3 Å². The number of halogens is 3. The van der Waals surface area contributed by atoms with Crippen LogP contribution in [0.3, 0.4) is 0 Å². The minimum atomic E-state index is -4.59. The summed E-state index contributed by atoms with van der Waals surface area (Å²) >= 11 is 0. The Balaban J connectivity index is 1.38. The highest BCUT2D eigenvalue weighted by molar-refractivity contribution is 6.74. The maximum absolute atomic E-state index is 14.0. The average molecular weight is 684 g/mol. The fourth-order valence-electron chi connectivity index (χ4n) is 5.31. The smallest absolute Gasteiger partial charge is 0.416 e. The van der Waals surface area contributed by atoms with Crippen molar-refractivity contribution in [1.82, 2.24) is 4.90 Å². The lowest BCUT2D eigenvalue weighted by Gasteiger charge is -2.36. The van der Waals surface area contributed by atoms with Gasteiger partial charge in [-0.2, -0.15) is 13.2 Å². The normalized spacial score (nSPS) is 14.9. The van der Waals surface area contributed by atoms with Crippen LogP contribution in [0.25, 0.3) is 11.1 Å². The van der Waals surface area contributed by atoms with Crippen molar-refractivity contribution in [3.63, 3.8) is 0 Å². The van der Waals surface area contributed by atoms with E-state index in [1.807, 2.05) is 89.4 Å². The maximum Gasteiger partial charge on any atom is 0.416 e. The Labute approximate surface area is 283 Å². The van der Waals surface area contributed by atoms with Crippen LogP contribution in [-0.4, -0.2) is 51.5 Å². The zero-order valence-corrected chi connectivity index (χ0v) is 29.8. The van der Waals surface area contributed by atoms with E-state index >= 15 is 0 Å². The maximum atomic E-state index is 14.0. The van der Waals surface area contributed by atoms with Gasteiger partial charge in [-0.1, -0.05) is 69.3 Å². The lowest BCUT2D eigenvalue weighted by Crippen LogP contribution is -2.40. The molecule has 3 aromatic rings. The minimum absolute atomic E-state index is 0.0453. The monoisotopic (exact) mass is 683 g/mol. The van der Waals surface area contributed by atoms with Gasteiger partial charge >= 0.3 is 12.3 Å². The van der Waals surface area contributed by atoms with Crippen LogP contribution >= 0.6 is 0 Å². The summed E-state index contributed by atoms with van der Waals surface area (Å²) in [6.45, 7) is 11.7. The summed E-state index contributed by atoms with van der Waals surface area (Å²) in [7, 11) is -0.215. The molecule has 1 fully saturated rings. The van der Waals surface area contributed by atoms with Crippen molar-refractivity contribution in [3.8, 4) is 11.1 Å². The predicted octanol–water partition coefficient (Wildman–Crippen LogP) is 9.50. The van der Waals surface area contributed by atoms with Gasteiger partial charge in [0.05, 0.1) is 17.9 Å². The number of anilines is 2. The van der Waals surface area contributed by atoms with E-state index in [0.29, 0.717) is 18.5 Å². The molecule has 7 nitrogen and oxygen atoms in total. The van der Waals surface area contributed by atoms with E-state index in [-0.39, 0.29) is 41.3 Å². The molecule has 0 bridgehead atoms. The Morgan fingerprint density at radius 2 is 1.62 bits per heavy atom. The van der Waals surface area contributed by atoms with Gasteiger partial charge in [-0.05, 0) is 85.8 Å². The number of carbonyl (C=O) groups excluding carboxylic acids is 2. The number of likely N-dealkylation sites (tertiary alicyclic amines) is 1. The van der Waals surface area contributed by atoms with Gasteiger partial charge in [0, 0.05) is 30.8 Å². The van der Waals surface area contributed by atoms with Crippen molar-refractivity contribution in [2.24, 2.45) is 0 Å². The number of nitrogens with one attached hydrogen (secondary N) is 2. The number of rotatable bonds is 11. The standard InChI is InChI=1S/C37H48F3N3O4Si/c1-36(2,3)48(5,6)46-25-28-16-17-29(24-32(28)37(38,39)40)41-34(44)14-10-11-26-15-18-31(27-12-8-7-9-13-27)33(23-26)42-35(45)47-30-19-21-43(4)22-20-30/h7-9,12-13,15-18,23-24,30H,10-11,14,19-22,25H2,1-6H3,(H,41,44)(H,42,45). The summed E-state index contributed by atoms with van der Waals surface area (Å²) < 4.78 is 53.8. The quantitative estimate of drug-likeness (QED) is 0.197. The van der Waals surface area contributed by atoms with Crippen molar-refractivity contribution in [2.75, 3.05) is 30.8 Å². The van der Waals surface area contributed by atoms with E-state index < -0.39 is 26.2 Å². The third-order valence-electron chi connectivity index (χ3n) is 9.31. The van der Waals surface area contributed by atoms with Crippen LogP contribution in [0.1, 0.15) is 63.1 Å². The first-order valence-electron chi connectivity index (χ1n) is 16.5. The molecule has 4 rings (SSSR count). The molecule has 1 heterocycles. The molecule has 0 radical (unpaired) electrons. The molecule has 0 atom stereocenters. The van der Waals surface area contributed by atoms with Gasteiger partial charge in [0.1, 0.15) is 6.10 Å². The van der Waals surface area contributed by atoms with Crippen LogP contribution in [0.15, 0.2) is 66.7 Å². The van der Waals surface area contributed by atoms with Gasteiger partial charge in [-0.3, -0.25) is 10.1 Å². The molecule has 0 unspecified atom stereocenters. The van der Waals surface area contributed by atoms with E-state index in [4.69, 9.17) is 9.16 Å². The number of benzene rings is 3. The third kappa shape index (κ3) is 10.4. The van der Waals surface area contributed by atoms with Gasteiger partial charge in [0.25, 0.3) is 0 Å². The van der Waals surface area contributed by atoms with Crippen molar-refractivity contribution < 1.29 is 31.9 Å². The van der Waals surface area contributed by atoms with E-state index in [1.54, 1.807) is 0 Å². The van der Waals surface area contributed by atoms with Gasteiger partial charge < -0.3 is 19.4 Å². The van der Waals surface area contributed by atoms with Crippen molar-refractivity contribution >= 4 is 31.7 Å². The number of aryl methyl sites for hydroxylation is 1. The highest BCUT2D eigenvalue weighted by Crippen LogP contribution is 2.39. The summed E-state index contributed by atoms with van der Waals surface area (Å²) in [5, 5.41) is 5.42. The number of carbonyl (C=O) groups is 2. The molecule has 11 heteroatoms. The summed E-state index contributed by atoms with van der Waals surface area (Å²) in [6, 6.07) is 19.3. The Morgan fingerprint density at radius 1 is 0.938 bits per heavy atom. The number of piperidine rings is 1. The molecule has 1 aliphatic heterocycles. The summed E-state index contributed by atoms with van der Waals surface area (Å²) in [5.41, 5.74) is 2.62. The fourth-order valence-corrected chi connectivity index (χ4v) is 6.26. The largest absolute Gasteiger partial charge is 0.446 e. The molecule has 1 saturated heterocycles. The summed E-state index contributed by atoms with van der Waals surface area (Å²) in [4.78, 5) is 27.9.